The Bertz CT molecular complexity index is 529. The summed E-state index contributed by atoms with van der Waals surface area (Å²) in [6.45, 7) is 4.36. The first kappa shape index (κ1) is 16.4. The number of nitrogens with zero attached hydrogens (tertiary/aromatic N) is 1. The second-order valence-electron chi connectivity index (χ2n) is 4.92. The van der Waals surface area contributed by atoms with Crippen molar-refractivity contribution in [3.8, 4) is 0 Å². The van der Waals surface area contributed by atoms with Crippen LogP contribution in [0.4, 0.5) is 0 Å². The van der Waals surface area contributed by atoms with Crippen molar-refractivity contribution in [2.24, 2.45) is 5.92 Å². The fourth-order valence-electron chi connectivity index (χ4n) is 1.56. The molecule has 0 unspecified atom stereocenters. The zero-order valence-electron chi connectivity index (χ0n) is 11.4. The number of hydrogen-bond acceptors (Lipinski definition) is 3. The van der Waals surface area contributed by atoms with Crippen molar-refractivity contribution in [3.63, 3.8) is 0 Å². The van der Waals surface area contributed by atoms with Crippen LogP contribution in [-0.4, -0.2) is 31.4 Å². The van der Waals surface area contributed by atoms with Gasteiger partial charge in [0.05, 0.1) is 11.5 Å². The van der Waals surface area contributed by atoms with Crippen LogP contribution in [0.1, 0.15) is 25.8 Å². The molecule has 6 heteroatoms. The van der Waals surface area contributed by atoms with Crippen molar-refractivity contribution in [2.75, 3.05) is 13.6 Å². The molecule has 0 aliphatic rings. The highest BCUT2D eigenvalue weighted by Gasteiger charge is 2.21. The molecule has 0 fully saturated rings. The third kappa shape index (κ3) is 4.18. The lowest BCUT2D eigenvalue weighted by atomic mass is 10.1. The lowest BCUT2D eigenvalue weighted by Crippen LogP contribution is -2.28. The highest BCUT2D eigenvalue weighted by molar-refractivity contribution is 7.89. The van der Waals surface area contributed by atoms with Gasteiger partial charge < -0.3 is 5.11 Å². The van der Waals surface area contributed by atoms with Gasteiger partial charge in [0.25, 0.3) is 0 Å². The second-order valence-corrected chi connectivity index (χ2v) is 7.37. The van der Waals surface area contributed by atoms with E-state index < -0.39 is 10.0 Å². The Balaban J connectivity index is 2.96. The standard InChI is InChI=1S/C13H20ClNO3S/c1-10(2)6-7-15(3)19(17,18)12-5-4-11(9-16)13(14)8-12/h4-5,8,10,16H,6-7,9H2,1-3H3. The predicted octanol–water partition coefficient (Wildman–Crippen LogP) is 2.50. The summed E-state index contributed by atoms with van der Waals surface area (Å²) in [5.74, 6) is 0.443. The van der Waals surface area contributed by atoms with Crippen LogP contribution >= 0.6 is 11.6 Å². The molecule has 108 valence electrons. The average molecular weight is 306 g/mol. The summed E-state index contributed by atoms with van der Waals surface area (Å²) >= 11 is 5.92. The Kier molecular flexibility index (Phi) is 5.80. The van der Waals surface area contributed by atoms with Gasteiger partial charge in [0.15, 0.2) is 0 Å². The van der Waals surface area contributed by atoms with Gasteiger partial charge in [-0.2, -0.15) is 0 Å². The molecule has 0 atom stereocenters. The van der Waals surface area contributed by atoms with E-state index in [1.54, 1.807) is 7.05 Å². The van der Waals surface area contributed by atoms with E-state index in [0.717, 1.165) is 6.42 Å². The molecule has 1 aromatic rings. The number of aliphatic hydroxyl groups is 1. The third-order valence-corrected chi connectivity index (χ3v) is 5.13. The van der Waals surface area contributed by atoms with Crippen LogP contribution in [0.2, 0.25) is 5.02 Å². The minimum Gasteiger partial charge on any atom is -0.392 e. The highest BCUT2D eigenvalue weighted by Crippen LogP contribution is 2.23. The van der Waals surface area contributed by atoms with Crippen molar-refractivity contribution in [1.82, 2.24) is 4.31 Å². The van der Waals surface area contributed by atoms with Crippen LogP contribution < -0.4 is 0 Å². The summed E-state index contributed by atoms with van der Waals surface area (Å²) in [5, 5.41) is 9.29. The van der Waals surface area contributed by atoms with Gasteiger partial charge in [-0.25, -0.2) is 12.7 Å². The molecule has 1 rings (SSSR count). The molecular formula is C13H20ClNO3S. The molecule has 0 aliphatic heterocycles. The van der Waals surface area contributed by atoms with E-state index in [2.05, 4.69) is 0 Å². The molecule has 0 heterocycles. The normalized spacial score (nSPS) is 12.4. The lowest BCUT2D eigenvalue weighted by Gasteiger charge is -2.18. The van der Waals surface area contributed by atoms with E-state index in [1.165, 1.54) is 22.5 Å². The number of halogens is 1. The van der Waals surface area contributed by atoms with E-state index in [1.807, 2.05) is 13.8 Å². The number of benzene rings is 1. The summed E-state index contributed by atoms with van der Waals surface area (Å²) < 4.78 is 25.9. The van der Waals surface area contributed by atoms with Gasteiger partial charge in [-0.1, -0.05) is 31.5 Å². The van der Waals surface area contributed by atoms with Crippen LogP contribution in [0.25, 0.3) is 0 Å². The molecule has 1 N–H and O–H groups in total. The summed E-state index contributed by atoms with van der Waals surface area (Å²) in [5.41, 5.74) is 0.519. The first-order valence-electron chi connectivity index (χ1n) is 6.14. The molecule has 0 saturated carbocycles. The van der Waals surface area contributed by atoms with Crippen molar-refractivity contribution in [2.45, 2.75) is 31.8 Å². The summed E-state index contributed by atoms with van der Waals surface area (Å²) in [6.07, 6.45) is 0.804. The van der Waals surface area contributed by atoms with Crippen molar-refractivity contribution in [1.29, 1.82) is 0 Å². The zero-order chi connectivity index (χ0) is 14.6. The molecule has 0 amide bonds. The third-order valence-electron chi connectivity index (χ3n) is 2.92. The maximum absolute atomic E-state index is 12.3. The smallest absolute Gasteiger partial charge is 0.242 e. The predicted molar refractivity (Wildman–Crippen MR) is 76.6 cm³/mol. The Morgan fingerprint density at radius 3 is 2.47 bits per heavy atom. The topological polar surface area (TPSA) is 57.6 Å². The van der Waals surface area contributed by atoms with Crippen LogP contribution in [0.3, 0.4) is 0 Å². The maximum Gasteiger partial charge on any atom is 0.242 e. The van der Waals surface area contributed by atoms with E-state index in [4.69, 9.17) is 16.7 Å². The Labute approximate surface area is 120 Å². The van der Waals surface area contributed by atoms with E-state index in [0.29, 0.717) is 18.0 Å². The molecule has 0 aromatic heterocycles. The van der Waals surface area contributed by atoms with Gasteiger partial charge >= 0.3 is 0 Å². The van der Waals surface area contributed by atoms with Crippen molar-refractivity contribution >= 4 is 21.6 Å². The van der Waals surface area contributed by atoms with Gasteiger partial charge in [-0.05, 0) is 30.0 Å². The SMILES string of the molecule is CC(C)CCN(C)S(=O)(=O)c1ccc(CO)c(Cl)c1. The van der Waals surface area contributed by atoms with Crippen LogP contribution in [0, 0.1) is 5.92 Å². The Morgan fingerprint density at radius 2 is 2.00 bits per heavy atom. The zero-order valence-corrected chi connectivity index (χ0v) is 13.0. The fraction of sp³-hybridized carbons (Fsp3) is 0.538. The van der Waals surface area contributed by atoms with Gasteiger partial charge in [0, 0.05) is 18.6 Å². The number of rotatable bonds is 6. The van der Waals surface area contributed by atoms with Crippen LogP contribution in [0.5, 0.6) is 0 Å². The lowest BCUT2D eigenvalue weighted by molar-refractivity contribution is 0.282. The monoisotopic (exact) mass is 305 g/mol. The Hall–Kier alpha value is -0.620. The molecule has 0 spiro atoms. The highest BCUT2D eigenvalue weighted by atomic mass is 35.5. The summed E-state index contributed by atoms with van der Waals surface area (Å²) in [6, 6.07) is 4.39. The quantitative estimate of drug-likeness (QED) is 0.878. The van der Waals surface area contributed by atoms with Gasteiger partial charge in [-0.3, -0.25) is 0 Å². The summed E-state index contributed by atoms with van der Waals surface area (Å²) in [4.78, 5) is 0.154. The molecule has 4 nitrogen and oxygen atoms in total. The first-order valence-corrected chi connectivity index (χ1v) is 7.96. The minimum absolute atomic E-state index is 0.154. The van der Waals surface area contributed by atoms with E-state index >= 15 is 0 Å². The second kappa shape index (κ2) is 6.70. The van der Waals surface area contributed by atoms with Crippen molar-refractivity contribution in [3.05, 3.63) is 28.8 Å². The van der Waals surface area contributed by atoms with Gasteiger partial charge in [0.1, 0.15) is 0 Å². The van der Waals surface area contributed by atoms with Crippen LogP contribution in [-0.2, 0) is 16.6 Å². The molecular weight excluding hydrogens is 286 g/mol. The molecule has 0 aliphatic carbocycles. The van der Waals surface area contributed by atoms with E-state index in [9.17, 15) is 8.42 Å². The van der Waals surface area contributed by atoms with Gasteiger partial charge in [0.2, 0.25) is 10.0 Å². The number of hydrogen-bond donors (Lipinski definition) is 1. The van der Waals surface area contributed by atoms with E-state index in [-0.39, 0.29) is 16.5 Å². The first-order chi connectivity index (χ1) is 8.78. The minimum atomic E-state index is -3.51. The Morgan fingerprint density at radius 1 is 1.37 bits per heavy atom. The molecule has 0 bridgehead atoms. The largest absolute Gasteiger partial charge is 0.392 e. The van der Waals surface area contributed by atoms with Crippen LogP contribution in [0.15, 0.2) is 23.1 Å². The number of sulfonamides is 1. The molecule has 0 radical (unpaired) electrons. The fourth-order valence-corrected chi connectivity index (χ4v) is 3.07. The van der Waals surface area contributed by atoms with Gasteiger partial charge in [-0.15, -0.1) is 0 Å². The number of aliphatic hydroxyl groups excluding tert-OH is 1. The average Bonchev–Trinajstić information content (AvgIpc) is 2.35. The van der Waals surface area contributed by atoms with Crippen molar-refractivity contribution < 1.29 is 13.5 Å². The molecule has 1 aromatic carbocycles. The summed E-state index contributed by atoms with van der Waals surface area (Å²) in [7, 11) is -1.95. The molecule has 0 saturated heterocycles. The maximum atomic E-state index is 12.3. The molecule has 19 heavy (non-hydrogen) atoms.